The Morgan fingerprint density at radius 3 is 2.07 bits per heavy atom. The first-order valence-corrected chi connectivity index (χ1v) is 9.88. The Morgan fingerprint density at radius 2 is 1.50 bits per heavy atom. The molecule has 2 aromatic rings. The number of quaternary nitrogens is 1. The minimum atomic E-state index is -1.64. The van der Waals surface area contributed by atoms with Gasteiger partial charge in [0.1, 0.15) is 0 Å². The van der Waals surface area contributed by atoms with Crippen molar-refractivity contribution >= 4 is 23.2 Å². The van der Waals surface area contributed by atoms with Crippen molar-refractivity contribution in [3.05, 3.63) is 59.4 Å². The lowest BCUT2D eigenvalue weighted by Gasteiger charge is -2.18. The van der Waals surface area contributed by atoms with Gasteiger partial charge in [0.25, 0.3) is 11.8 Å². The molecule has 0 aromatic heterocycles. The molecule has 0 aliphatic rings. The van der Waals surface area contributed by atoms with Crippen molar-refractivity contribution < 1.29 is 27.7 Å². The monoisotopic (exact) mass is 422 g/mol. The third-order valence-electron chi connectivity index (χ3n) is 4.60. The molecule has 0 saturated heterocycles. The second kappa shape index (κ2) is 10.8. The normalized spacial score (nSPS) is 12.0. The van der Waals surface area contributed by atoms with Crippen LogP contribution in [0, 0.1) is 17.5 Å². The minimum absolute atomic E-state index is 0.0352. The third-order valence-corrected chi connectivity index (χ3v) is 4.60. The largest absolute Gasteiger partial charge is 0.321 e. The molecule has 0 saturated carbocycles. The van der Waals surface area contributed by atoms with Crippen molar-refractivity contribution in [3.63, 3.8) is 0 Å². The zero-order valence-electron chi connectivity index (χ0n) is 17.3. The van der Waals surface area contributed by atoms with E-state index in [0.717, 1.165) is 24.1 Å². The standard InChI is InChI=1S/C22H26F3N3O2/c1-4-11-28(12-19(29)26-16-7-5-15(6-8-16)14(2)3)13-20(30)27-18-10-9-17(23)21(24)22(18)25/h5-10,14H,4,11-13H2,1-3H3,(H,26,29)(H,27,30)/p+1. The van der Waals surface area contributed by atoms with Crippen LogP contribution in [-0.4, -0.2) is 31.4 Å². The van der Waals surface area contributed by atoms with E-state index in [2.05, 4.69) is 24.5 Å². The van der Waals surface area contributed by atoms with Crippen LogP contribution in [0.3, 0.4) is 0 Å². The van der Waals surface area contributed by atoms with E-state index >= 15 is 0 Å². The fraction of sp³-hybridized carbons (Fsp3) is 0.364. The number of benzene rings is 2. The lowest BCUT2D eigenvalue weighted by atomic mass is 10.0. The first-order chi connectivity index (χ1) is 14.2. The molecule has 2 rings (SSSR count). The summed E-state index contributed by atoms with van der Waals surface area (Å²) < 4.78 is 40.1. The molecule has 5 nitrogen and oxygen atoms in total. The van der Waals surface area contributed by atoms with Gasteiger partial charge in [-0.3, -0.25) is 9.59 Å². The molecule has 0 fully saturated rings. The summed E-state index contributed by atoms with van der Waals surface area (Å²) >= 11 is 0. The molecule has 0 aliphatic carbocycles. The van der Waals surface area contributed by atoms with E-state index in [0.29, 0.717) is 23.0 Å². The van der Waals surface area contributed by atoms with Gasteiger partial charge in [-0.25, -0.2) is 13.2 Å². The summed E-state index contributed by atoms with van der Waals surface area (Å²) in [7, 11) is 0. The van der Waals surface area contributed by atoms with Crippen molar-refractivity contribution in [2.45, 2.75) is 33.1 Å². The van der Waals surface area contributed by atoms with Crippen molar-refractivity contribution in [1.29, 1.82) is 0 Å². The topological polar surface area (TPSA) is 62.6 Å². The van der Waals surface area contributed by atoms with E-state index in [9.17, 15) is 22.8 Å². The van der Waals surface area contributed by atoms with E-state index < -0.39 is 29.0 Å². The van der Waals surface area contributed by atoms with Gasteiger partial charge < -0.3 is 15.5 Å². The maximum absolute atomic E-state index is 13.7. The number of hydrogen-bond donors (Lipinski definition) is 3. The molecule has 2 aromatic carbocycles. The van der Waals surface area contributed by atoms with Gasteiger partial charge in [0.2, 0.25) is 0 Å². The van der Waals surface area contributed by atoms with Crippen LogP contribution in [0.1, 0.15) is 38.7 Å². The Kier molecular flexibility index (Phi) is 8.41. The number of hydrogen-bond acceptors (Lipinski definition) is 2. The smallest absolute Gasteiger partial charge is 0.279 e. The number of halogens is 3. The predicted molar refractivity (Wildman–Crippen MR) is 110 cm³/mol. The Morgan fingerprint density at radius 1 is 0.900 bits per heavy atom. The molecule has 2 amide bonds. The van der Waals surface area contributed by atoms with Gasteiger partial charge in [0.05, 0.1) is 12.2 Å². The average Bonchev–Trinajstić information content (AvgIpc) is 2.69. The van der Waals surface area contributed by atoms with Crippen LogP contribution >= 0.6 is 0 Å². The van der Waals surface area contributed by atoms with Crippen LogP contribution in [0.4, 0.5) is 24.5 Å². The molecule has 0 aliphatic heterocycles. The highest BCUT2D eigenvalue weighted by atomic mass is 19.2. The minimum Gasteiger partial charge on any atom is -0.321 e. The molecule has 0 spiro atoms. The van der Waals surface area contributed by atoms with Gasteiger partial charge in [0, 0.05) is 5.69 Å². The summed E-state index contributed by atoms with van der Waals surface area (Å²) in [5.41, 5.74) is 1.38. The first kappa shape index (κ1) is 23.4. The summed E-state index contributed by atoms with van der Waals surface area (Å²) in [4.78, 5) is 25.3. The predicted octanol–water partition coefficient (Wildman–Crippen LogP) is 3.10. The van der Waals surface area contributed by atoms with Crippen molar-refractivity contribution in [2.24, 2.45) is 0 Å². The summed E-state index contributed by atoms with van der Waals surface area (Å²) in [6, 6.07) is 9.24. The average molecular weight is 422 g/mol. The fourth-order valence-electron chi connectivity index (χ4n) is 3.02. The molecule has 1 unspecified atom stereocenters. The number of amides is 2. The van der Waals surface area contributed by atoms with Gasteiger partial charge >= 0.3 is 0 Å². The van der Waals surface area contributed by atoms with Crippen molar-refractivity contribution in [1.82, 2.24) is 0 Å². The maximum atomic E-state index is 13.7. The van der Waals surface area contributed by atoms with Crippen LogP contribution < -0.4 is 15.5 Å². The molecule has 3 N–H and O–H groups in total. The lowest BCUT2D eigenvalue weighted by Crippen LogP contribution is -3.14. The summed E-state index contributed by atoms with van der Waals surface area (Å²) in [5, 5.41) is 5.03. The zero-order chi connectivity index (χ0) is 22.3. The molecule has 162 valence electrons. The van der Waals surface area contributed by atoms with E-state index in [4.69, 9.17) is 0 Å². The number of carbonyl (C=O) groups excluding carboxylic acids is 2. The van der Waals surface area contributed by atoms with Gasteiger partial charge in [-0.15, -0.1) is 0 Å². The first-order valence-electron chi connectivity index (χ1n) is 9.88. The van der Waals surface area contributed by atoms with Gasteiger partial charge in [-0.05, 0) is 42.2 Å². The van der Waals surface area contributed by atoms with Gasteiger partial charge in [-0.1, -0.05) is 32.9 Å². The summed E-state index contributed by atoms with van der Waals surface area (Å²) in [6.45, 7) is 6.52. The molecule has 0 radical (unpaired) electrons. The highest BCUT2D eigenvalue weighted by Gasteiger charge is 2.20. The number of anilines is 2. The van der Waals surface area contributed by atoms with Crippen LogP contribution in [0.25, 0.3) is 0 Å². The van der Waals surface area contributed by atoms with E-state index in [1.54, 1.807) is 0 Å². The van der Waals surface area contributed by atoms with Gasteiger partial charge in [0.15, 0.2) is 30.5 Å². The Bertz CT molecular complexity index is 886. The van der Waals surface area contributed by atoms with Crippen LogP contribution in [0.15, 0.2) is 36.4 Å². The van der Waals surface area contributed by atoms with Crippen LogP contribution in [0.5, 0.6) is 0 Å². The van der Waals surface area contributed by atoms with Crippen molar-refractivity contribution in [3.8, 4) is 0 Å². The number of carbonyl (C=O) groups is 2. The Balaban J connectivity index is 1.95. The number of nitrogens with one attached hydrogen (secondary N) is 3. The van der Waals surface area contributed by atoms with Gasteiger partial charge in [-0.2, -0.15) is 0 Å². The third kappa shape index (κ3) is 6.59. The Hall–Kier alpha value is -2.87. The molecular weight excluding hydrogens is 395 g/mol. The molecule has 0 heterocycles. The summed E-state index contributed by atoms with van der Waals surface area (Å²) in [5.74, 6) is -4.91. The van der Waals surface area contributed by atoms with Crippen LogP contribution in [-0.2, 0) is 9.59 Å². The highest BCUT2D eigenvalue weighted by molar-refractivity contribution is 5.93. The van der Waals surface area contributed by atoms with Crippen LogP contribution in [0.2, 0.25) is 0 Å². The SMILES string of the molecule is CCC[NH+](CC(=O)Nc1ccc(C(C)C)cc1)CC(=O)Nc1ccc(F)c(F)c1F. The second-order valence-corrected chi connectivity index (χ2v) is 7.45. The Labute approximate surface area is 174 Å². The van der Waals surface area contributed by atoms with E-state index in [-0.39, 0.29) is 19.0 Å². The van der Waals surface area contributed by atoms with E-state index in [1.807, 2.05) is 31.2 Å². The molecule has 1 atom stereocenters. The fourth-order valence-corrected chi connectivity index (χ4v) is 3.02. The lowest BCUT2D eigenvalue weighted by molar-refractivity contribution is -0.883. The molecule has 0 bridgehead atoms. The zero-order valence-corrected chi connectivity index (χ0v) is 17.3. The maximum Gasteiger partial charge on any atom is 0.279 e. The quantitative estimate of drug-likeness (QED) is 0.544. The highest BCUT2D eigenvalue weighted by Crippen LogP contribution is 2.19. The van der Waals surface area contributed by atoms with E-state index in [1.165, 1.54) is 0 Å². The molecule has 30 heavy (non-hydrogen) atoms. The van der Waals surface area contributed by atoms with Crippen molar-refractivity contribution in [2.75, 3.05) is 30.3 Å². The molecule has 8 heteroatoms. The molecular formula is C22H27F3N3O2+. The summed E-state index contributed by atoms with van der Waals surface area (Å²) in [6.07, 6.45) is 0.721. The number of rotatable bonds is 9. The second-order valence-electron chi connectivity index (χ2n) is 7.45.